The summed E-state index contributed by atoms with van der Waals surface area (Å²) in [5, 5.41) is 3.50. The molecule has 3 nitrogen and oxygen atoms in total. The molecule has 1 aliphatic heterocycles. The molecule has 5 heteroatoms. The molecule has 0 amide bonds. The Morgan fingerprint density at radius 2 is 2.50 bits per heavy atom. The van der Waals surface area contributed by atoms with E-state index >= 15 is 0 Å². The highest BCUT2D eigenvalue weighted by Crippen LogP contribution is 2.21. The van der Waals surface area contributed by atoms with Gasteiger partial charge < -0.3 is 4.84 Å². The molecule has 0 saturated carbocycles. The number of carbonyl (C=O) groups is 1. The normalized spacial score (nSPS) is 22.2. The van der Waals surface area contributed by atoms with E-state index in [1.165, 1.54) is 6.08 Å². The van der Waals surface area contributed by atoms with E-state index in [2.05, 4.69) is 32.6 Å². The van der Waals surface area contributed by atoms with Crippen LogP contribution < -0.4 is 0 Å². The molecule has 0 N–H and O–H groups in total. The van der Waals surface area contributed by atoms with Crippen LogP contribution in [0.15, 0.2) is 17.1 Å². The number of hydrogen-bond donors (Lipinski definition) is 0. The van der Waals surface area contributed by atoms with Gasteiger partial charge in [0.2, 0.25) is 0 Å². The highest BCUT2D eigenvalue weighted by molar-refractivity contribution is 14.1. The van der Waals surface area contributed by atoms with Crippen LogP contribution in [0.3, 0.4) is 0 Å². The van der Waals surface area contributed by atoms with E-state index in [4.69, 9.17) is 0 Å². The van der Waals surface area contributed by atoms with E-state index in [0.717, 1.165) is 4.43 Å². The third-order valence-corrected chi connectivity index (χ3v) is 2.57. The second-order valence-corrected chi connectivity index (χ2v) is 4.11. The topological polar surface area (TPSA) is 38.7 Å². The highest BCUT2D eigenvalue weighted by atomic mass is 127. The number of halogens is 2. The third kappa shape index (κ3) is 3.04. The Labute approximate surface area is 95.5 Å². The molecule has 1 unspecified atom stereocenters. The minimum atomic E-state index is -0.527. The van der Waals surface area contributed by atoms with Gasteiger partial charge in [0.05, 0.1) is 11.5 Å². The molecule has 1 heterocycles. The summed E-state index contributed by atoms with van der Waals surface area (Å²) in [5.41, 5.74) is 0.549. The van der Waals surface area contributed by atoms with Crippen LogP contribution in [0.5, 0.6) is 0 Å². The second-order valence-electron chi connectivity index (χ2n) is 3.03. The quantitative estimate of drug-likeness (QED) is 0.455. The number of nitrogens with zero attached hydrogens (tertiary/aromatic N) is 1. The molecule has 0 aromatic rings. The molecule has 1 atom stereocenters. The van der Waals surface area contributed by atoms with Gasteiger partial charge >= 0.3 is 5.97 Å². The van der Waals surface area contributed by atoms with Gasteiger partial charge in [-0.15, -0.1) is 0 Å². The van der Waals surface area contributed by atoms with Gasteiger partial charge in [0, 0.05) is 10.8 Å². The van der Waals surface area contributed by atoms with Crippen LogP contribution >= 0.6 is 22.6 Å². The maximum absolute atomic E-state index is 13.2. The van der Waals surface area contributed by atoms with Gasteiger partial charge in [0.25, 0.3) is 0 Å². The van der Waals surface area contributed by atoms with Crippen molar-refractivity contribution in [3.63, 3.8) is 0 Å². The zero-order chi connectivity index (χ0) is 10.6. The van der Waals surface area contributed by atoms with Crippen LogP contribution in [0.4, 0.5) is 4.39 Å². The Bertz CT molecular complexity index is 289. The van der Waals surface area contributed by atoms with Crippen LogP contribution in [0.25, 0.3) is 0 Å². The Kier molecular flexibility index (Phi) is 4.50. The number of allylic oxidation sites excluding steroid dienone is 2. The van der Waals surface area contributed by atoms with Gasteiger partial charge in [-0.3, -0.25) is 0 Å². The van der Waals surface area contributed by atoms with Crippen LogP contribution in [-0.2, 0) is 9.63 Å². The zero-order valence-corrected chi connectivity index (χ0v) is 9.95. The Morgan fingerprint density at radius 1 is 1.79 bits per heavy atom. The fraction of sp³-hybridized carbons (Fsp3) is 0.556. The number of hydrogen-bond acceptors (Lipinski definition) is 3. The second kappa shape index (κ2) is 5.43. The van der Waals surface area contributed by atoms with Gasteiger partial charge in [-0.05, 0) is 13.3 Å². The van der Waals surface area contributed by atoms with Crippen molar-refractivity contribution < 1.29 is 14.0 Å². The lowest BCUT2D eigenvalue weighted by Gasteiger charge is -2.03. The smallest absolute Gasteiger partial charge is 0.318 e. The fourth-order valence-corrected chi connectivity index (χ4v) is 1.45. The predicted molar refractivity (Wildman–Crippen MR) is 60.0 cm³/mol. The lowest BCUT2D eigenvalue weighted by Crippen LogP contribution is -2.16. The predicted octanol–water partition coefficient (Wildman–Crippen LogP) is 2.60. The van der Waals surface area contributed by atoms with Gasteiger partial charge in [-0.1, -0.05) is 33.8 Å². The first-order chi connectivity index (χ1) is 6.65. The Morgan fingerprint density at radius 3 is 3.00 bits per heavy atom. The fourth-order valence-electron chi connectivity index (χ4n) is 1.14. The minimum absolute atomic E-state index is 0.0742. The average molecular weight is 311 g/mol. The standard InChI is InChI=1S/C9H11FINO2/c1-6-8(9(13)14-12-6)5-7(10)3-2-4-11/h3,8H,2,4-5H2,1H3/b7-3-. The molecule has 1 rings (SSSR count). The van der Waals surface area contributed by atoms with Crippen LogP contribution in [0.2, 0.25) is 0 Å². The summed E-state index contributed by atoms with van der Waals surface area (Å²) in [6, 6.07) is 0. The summed E-state index contributed by atoms with van der Waals surface area (Å²) in [7, 11) is 0. The molecule has 0 fully saturated rings. The maximum Gasteiger partial charge on any atom is 0.344 e. The first kappa shape index (κ1) is 11.6. The number of alkyl halides is 1. The van der Waals surface area contributed by atoms with Gasteiger partial charge in [-0.2, -0.15) is 0 Å². The van der Waals surface area contributed by atoms with Gasteiger partial charge in [-0.25, -0.2) is 9.18 Å². The summed E-state index contributed by atoms with van der Waals surface area (Å²) in [4.78, 5) is 15.5. The summed E-state index contributed by atoms with van der Waals surface area (Å²) >= 11 is 2.17. The molecule has 0 radical (unpaired) electrons. The van der Waals surface area contributed by atoms with Gasteiger partial charge in [0.15, 0.2) is 0 Å². The monoisotopic (exact) mass is 311 g/mol. The molecule has 0 aromatic carbocycles. The molecule has 14 heavy (non-hydrogen) atoms. The number of oxime groups is 1. The van der Waals surface area contributed by atoms with Crippen LogP contribution in [-0.4, -0.2) is 16.1 Å². The molecule has 1 aliphatic rings. The molecule has 0 bridgehead atoms. The Hall–Kier alpha value is -0.460. The molecule has 78 valence electrons. The summed E-state index contributed by atoms with van der Waals surface area (Å²) in [6.45, 7) is 1.67. The third-order valence-electron chi connectivity index (χ3n) is 1.94. The van der Waals surface area contributed by atoms with Crippen LogP contribution in [0, 0.1) is 5.92 Å². The van der Waals surface area contributed by atoms with Crippen molar-refractivity contribution in [3.8, 4) is 0 Å². The first-order valence-corrected chi connectivity index (χ1v) is 5.83. The summed E-state index contributed by atoms with van der Waals surface area (Å²) in [5.74, 6) is -1.25. The van der Waals surface area contributed by atoms with Crippen molar-refractivity contribution in [2.24, 2.45) is 11.1 Å². The molecular weight excluding hydrogens is 300 g/mol. The van der Waals surface area contributed by atoms with Crippen molar-refractivity contribution in [1.29, 1.82) is 0 Å². The molecule has 0 saturated heterocycles. The highest BCUT2D eigenvalue weighted by Gasteiger charge is 2.30. The Balaban J connectivity index is 2.51. The molecule has 0 aromatic heterocycles. The largest absolute Gasteiger partial charge is 0.344 e. The van der Waals surface area contributed by atoms with Crippen molar-refractivity contribution in [3.05, 3.63) is 11.9 Å². The first-order valence-electron chi connectivity index (χ1n) is 4.31. The maximum atomic E-state index is 13.2. The minimum Gasteiger partial charge on any atom is -0.318 e. The van der Waals surface area contributed by atoms with E-state index in [1.54, 1.807) is 6.92 Å². The van der Waals surface area contributed by atoms with Crippen molar-refractivity contribution >= 4 is 34.3 Å². The van der Waals surface area contributed by atoms with Crippen LogP contribution in [0.1, 0.15) is 19.8 Å². The lowest BCUT2D eigenvalue weighted by atomic mass is 10.0. The summed E-state index contributed by atoms with van der Waals surface area (Å²) < 4.78 is 14.1. The van der Waals surface area contributed by atoms with Crippen molar-refractivity contribution in [1.82, 2.24) is 0 Å². The number of carbonyl (C=O) groups excluding carboxylic acids is 1. The van der Waals surface area contributed by atoms with Gasteiger partial charge in [0.1, 0.15) is 5.92 Å². The van der Waals surface area contributed by atoms with Crippen molar-refractivity contribution in [2.75, 3.05) is 4.43 Å². The lowest BCUT2D eigenvalue weighted by molar-refractivity contribution is -0.143. The zero-order valence-electron chi connectivity index (χ0n) is 7.80. The van der Waals surface area contributed by atoms with E-state index in [9.17, 15) is 9.18 Å². The van der Waals surface area contributed by atoms with E-state index in [-0.39, 0.29) is 12.2 Å². The molecule has 0 spiro atoms. The van der Waals surface area contributed by atoms with E-state index in [1.807, 2.05) is 0 Å². The SMILES string of the molecule is CC1=NOC(=O)C1C/C(F)=C/CCI. The van der Waals surface area contributed by atoms with E-state index < -0.39 is 11.9 Å². The average Bonchev–Trinajstić information content (AvgIpc) is 2.46. The number of rotatable bonds is 4. The van der Waals surface area contributed by atoms with Crippen molar-refractivity contribution in [2.45, 2.75) is 19.8 Å². The molecule has 0 aliphatic carbocycles. The summed E-state index contributed by atoms with van der Waals surface area (Å²) in [6.07, 6.45) is 2.26. The molecular formula is C9H11FINO2. The van der Waals surface area contributed by atoms with E-state index in [0.29, 0.717) is 12.1 Å².